The summed E-state index contributed by atoms with van der Waals surface area (Å²) in [5, 5.41) is 17.7. The Kier molecular flexibility index (Phi) is 5.15. The zero-order valence-electron chi connectivity index (χ0n) is 16.4. The summed E-state index contributed by atoms with van der Waals surface area (Å²) in [7, 11) is 0. The number of aromatic nitrogens is 1. The van der Waals surface area contributed by atoms with E-state index in [0.717, 1.165) is 55.2 Å². The van der Waals surface area contributed by atoms with Crippen LogP contribution in [-0.2, 0) is 4.79 Å². The quantitative estimate of drug-likeness (QED) is 0.735. The van der Waals surface area contributed by atoms with Gasteiger partial charge in [-0.2, -0.15) is 10.3 Å². The summed E-state index contributed by atoms with van der Waals surface area (Å²) in [5.41, 5.74) is 2.04. The number of carbonyl (C=O) groups is 1. The van der Waals surface area contributed by atoms with Crippen LogP contribution in [0.5, 0.6) is 5.75 Å². The van der Waals surface area contributed by atoms with Gasteiger partial charge in [-0.05, 0) is 74.3 Å². The van der Waals surface area contributed by atoms with Crippen LogP contribution < -0.4 is 15.4 Å². The number of nitrogens with zero attached hydrogens (tertiary/aromatic N) is 3. The third-order valence-corrected chi connectivity index (χ3v) is 6.27. The molecule has 7 nitrogen and oxygen atoms in total. The predicted molar refractivity (Wildman–Crippen MR) is 117 cm³/mol. The van der Waals surface area contributed by atoms with Crippen LogP contribution in [0.2, 0.25) is 0 Å². The maximum absolute atomic E-state index is 12.3. The van der Waals surface area contributed by atoms with Crippen molar-refractivity contribution < 1.29 is 9.53 Å². The summed E-state index contributed by atoms with van der Waals surface area (Å²) in [4.78, 5) is 21.4. The molecule has 0 atom stereocenters. The van der Waals surface area contributed by atoms with E-state index in [9.17, 15) is 10.1 Å². The molecule has 0 spiro atoms. The number of benzene rings is 1. The fourth-order valence-electron chi connectivity index (χ4n) is 3.59. The molecular formula is C22H21N5O2S. The van der Waals surface area contributed by atoms with Gasteiger partial charge >= 0.3 is 0 Å². The molecule has 30 heavy (non-hydrogen) atoms. The van der Waals surface area contributed by atoms with E-state index in [2.05, 4.69) is 26.7 Å². The van der Waals surface area contributed by atoms with E-state index in [0.29, 0.717) is 27.4 Å². The van der Waals surface area contributed by atoms with Crippen LogP contribution in [0.1, 0.15) is 36.8 Å². The molecule has 5 rings (SSSR count). The van der Waals surface area contributed by atoms with Gasteiger partial charge in [0.15, 0.2) is 5.17 Å². The Labute approximate surface area is 178 Å². The van der Waals surface area contributed by atoms with E-state index in [1.807, 2.05) is 24.3 Å². The second-order valence-corrected chi connectivity index (χ2v) is 8.74. The lowest BCUT2D eigenvalue weighted by molar-refractivity contribution is -0.113. The fourth-order valence-corrected chi connectivity index (χ4v) is 4.48. The minimum atomic E-state index is -0.224. The molecule has 1 saturated carbocycles. The average Bonchev–Trinajstić information content (AvgIpc) is 3.51. The van der Waals surface area contributed by atoms with Crippen molar-refractivity contribution >= 4 is 39.8 Å². The molecular weight excluding hydrogens is 398 g/mol. The molecule has 1 aromatic heterocycles. The van der Waals surface area contributed by atoms with Gasteiger partial charge in [-0.25, -0.2) is 0 Å². The van der Waals surface area contributed by atoms with Crippen molar-refractivity contribution in [3.05, 3.63) is 40.4 Å². The normalized spacial score (nSPS) is 21.0. The number of nitriles is 1. The van der Waals surface area contributed by atoms with Gasteiger partial charge in [-0.15, -0.1) is 0 Å². The van der Waals surface area contributed by atoms with Crippen molar-refractivity contribution in [2.24, 2.45) is 4.99 Å². The Hall–Kier alpha value is -2.89. The molecule has 1 aromatic carbocycles. The Balaban J connectivity index is 1.46. The van der Waals surface area contributed by atoms with E-state index >= 15 is 0 Å². The molecule has 8 heteroatoms. The fraction of sp³-hybridized carbons (Fsp3) is 0.364. The Bertz CT molecular complexity index is 1110. The third kappa shape index (κ3) is 4.04. The van der Waals surface area contributed by atoms with E-state index in [1.165, 1.54) is 11.8 Å². The highest BCUT2D eigenvalue weighted by atomic mass is 32.2. The Morgan fingerprint density at radius 3 is 2.87 bits per heavy atom. The number of pyridine rings is 1. The number of aliphatic imine (C=N–C) groups is 1. The van der Waals surface area contributed by atoms with Crippen molar-refractivity contribution in [1.82, 2.24) is 15.6 Å². The maximum atomic E-state index is 12.3. The Morgan fingerprint density at radius 1 is 1.27 bits per heavy atom. The molecule has 1 aliphatic carbocycles. The SMILES string of the molecule is N#Cc1cnc2ccc(/C=C3/SC(NC4CC4)=NC3=O)cc2c1OC1CCNCC1. The topological polar surface area (TPSA) is 99.4 Å². The molecule has 1 amide bonds. The van der Waals surface area contributed by atoms with Crippen LogP contribution in [-0.4, -0.2) is 41.3 Å². The number of amidine groups is 1. The van der Waals surface area contributed by atoms with E-state index < -0.39 is 0 Å². The number of fused-ring (bicyclic) bond motifs is 1. The molecule has 2 N–H and O–H groups in total. The number of ether oxygens (including phenoxy) is 1. The van der Waals surface area contributed by atoms with Crippen molar-refractivity contribution in [3.63, 3.8) is 0 Å². The molecule has 2 aromatic rings. The standard InChI is InChI=1S/C22H21N5O2S/c23-11-14-12-25-18-4-1-13(9-17(18)20(14)29-16-5-7-24-8-6-16)10-19-21(28)27-22(30-19)26-15-2-3-15/h1,4,9-10,12,15-16,24H,2-3,5-8H2,(H,26,27,28)/b19-10+. The zero-order chi connectivity index (χ0) is 20.5. The minimum Gasteiger partial charge on any atom is -0.488 e. The van der Waals surface area contributed by atoms with Crippen LogP contribution in [0.15, 0.2) is 34.3 Å². The van der Waals surface area contributed by atoms with E-state index in [1.54, 1.807) is 6.20 Å². The zero-order valence-corrected chi connectivity index (χ0v) is 17.2. The summed E-state index contributed by atoms with van der Waals surface area (Å²) in [5.74, 6) is 0.353. The van der Waals surface area contributed by atoms with Gasteiger partial charge in [0, 0.05) is 17.6 Å². The van der Waals surface area contributed by atoms with Crippen molar-refractivity contribution in [3.8, 4) is 11.8 Å². The number of piperidine rings is 1. The largest absolute Gasteiger partial charge is 0.488 e. The summed E-state index contributed by atoms with van der Waals surface area (Å²) in [6.07, 6.45) is 7.54. The van der Waals surface area contributed by atoms with Gasteiger partial charge in [-0.3, -0.25) is 9.78 Å². The first-order chi connectivity index (χ1) is 14.7. The van der Waals surface area contributed by atoms with Crippen molar-refractivity contribution in [2.45, 2.75) is 37.8 Å². The molecule has 3 heterocycles. The highest BCUT2D eigenvalue weighted by Crippen LogP contribution is 2.34. The maximum Gasteiger partial charge on any atom is 0.286 e. The highest BCUT2D eigenvalue weighted by Gasteiger charge is 2.28. The number of thioether (sulfide) groups is 1. The smallest absolute Gasteiger partial charge is 0.286 e. The van der Waals surface area contributed by atoms with Gasteiger partial charge in [0.2, 0.25) is 0 Å². The van der Waals surface area contributed by atoms with E-state index in [-0.39, 0.29) is 12.0 Å². The van der Waals surface area contributed by atoms with Gasteiger partial charge in [0.05, 0.1) is 10.4 Å². The van der Waals surface area contributed by atoms with Crippen LogP contribution >= 0.6 is 11.8 Å². The minimum absolute atomic E-state index is 0.0717. The first-order valence-electron chi connectivity index (χ1n) is 10.2. The summed E-state index contributed by atoms with van der Waals surface area (Å²) < 4.78 is 6.28. The van der Waals surface area contributed by atoms with Crippen LogP contribution in [0.3, 0.4) is 0 Å². The highest BCUT2D eigenvalue weighted by molar-refractivity contribution is 8.18. The molecule has 152 valence electrons. The molecule has 2 aliphatic heterocycles. The van der Waals surface area contributed by atoms with Crippen LogP contribution in [0.25, 0.3) is 17.0 Å². The van der Waals surface area contributed by atoms with Gasteiger partial charge in [-0.1, -0.05) is 6.07 Å². The molecule has 1 saturated heterocycles. The Morgan fingerprint density at radius 2 is 2.10 bits per heavy atom. The lowest BCUT2D eigenvalue weighted by Crippen LogP contribution is -2.34. The number of amides is 1. The van der Waals surface area contributed by atoms with Crippen molar-refractivity contribution in [1.29, 1.82) is 5.26 Å². The second-order valence-electron chi connectivity index (χ2n) is 7.71. The number of carbonyl (C=O) groups excluding carboxylic acids is 1. The summed E-state index contributed by atoms with van der Waals surface area (Å²) in [6, 6.07) is 8.41. The molecule has 2 fully saturated rings. The van der Waals surface area contributed by atoms with Crippen LogP contribution in [0, 0.1) is 11.3 Å². The first kappa shape index (κ1) is 19.1. The number of hydrogen-bond donors (Lipinski definition) is 2. The number of rotatable bonds is 4. The lowest BCUT2D eigenvalue weighted by atomic mass is 10.1. The second kappa shape index (κ2) is 8.09. The summed E-state index contributed by atoms with van der Waals surface area (Å²) in [6.45, 7) is 1.81. The third-order valence-electron chi connectivity index (χ3n) is 5.36. The van der Waals surface area contributed by atoms with Crippen LogP contribution in [0.4, 0.5) is 0 Å². The molecule has 0 bridgehead atoms. The summed E-state index contributed by atoms with van der Waals surface area (Å²) >= 11 is 1.37. The van der Waals surface area contributed by atoms with E-state index in [4.69, 9.17) is 4.74 Å². The predicted octanol–water partition coefficient (Wildman–Crippen LogP) is 2.96. The number of hydrogen-bond acceptors (Lipinski definition) is 7. The number of nitrogens with one attached hydrogen (secondary N) is 2. The van der Waals surface area contributed by atoms with Gasteiger partial charge in [0.1, 0.15) is 23.5 Å². The monoisotopic (exact) mass is 419 g/mol. The lowest BCUT2D eigenvalue weighted by Gasteiger charge is -2.25. The van der Waals surface area contributed by atoms with Gasteiger partial charge in [0.25, 0.3) is 5.91 Å². The van der Waals surface area contributed by atoms with Gasteiger partial charge < -0.3 is 15.4 Å². The molecule has 0 unspecified atom stereocenters. The van der Waals surface area contributed by atoms with Crippen molar-refractivity contribution in [2.75, 3.05) is 13.1 Å². The first-order valence-corrected chi connectivity index (χ1v) is 11.0. The average molecular weight is 420 g/mol. The molecule has 0 radical (unpaired) electrons. The molecule has 3 aliphatic rings.